The van der Waals surface area contributed by atoms with Gasteiger partial charge in [0.2, 0.25) is 0 Å². The second kappa shape index (κ2) is 9.18. The molecule has 0 atom stereocenters. The van der Waals surface area contributed by atoms with Crippen LogP contribution in [0.25, 0.3) is 17.3 Å². The van der Waals surface area contributed by atoms with Gasteiger partial charge in [-0.15, -0.1) is 0 Å². The number of benzene rings is 1. The Kier molecular flexibility index (Phi) is 6.16. The topological polar surface area (TPSA) is 75.4 Å². The fourth-order valence-corrected chi connectivity index (χ4v) is 3.86. The predicted octanol–water partition coefficient (Wildman–Crippen LogP) is 4.13. The van der Waals surface area contributed by atoms with E-state index in [1.165, 1.54) is 0 Å². The number of aryl methyl sites for hydroxylation is 2. The molecule has 0 unspecified atom stereocenters. The van der Waals surface area contributed by atoms with Crippen LogP contribution in [0.1, 0.15) is 40.2 Å². The molecule has 0 spiro atoms. The van der Waals surface area contributed by atoms with E-state index in [1.807, 2.05) is 43.8 Å². The first-order valence-corrected chi connectivity index (χ1v) is 10.8. The number of hydrogen-bond acceptors (Lipinski definition) is 5. The normalized spacial score (nSPS) is 14.0. The van der Waals surface area contributed by atoms with Crippen LogP contribution in [0.15, 0.2) is 53.5 Å². The Hall–Kier alpha value is -3.74. The first-order chi connectivity index (χ1) is 15.5. The van der Waals surface area contributed by atoms with Gasteiger partial charge in [0.25, 0.3) is 5.91 Å². The molecule has 1 fully saturated rings. The average molecular weight is 429 g/mol. The standard InChI is InChI=1S/C25H28N6O/c1-17-7-8-19(22-16-28-18(2)30(22)4)13-21(17)14-23(26-3)29-25(32)20-9-10-27-24(15-20)31-11-5-6-12-31/h7-10,13-16H,3,5-6,11-12H2,1-2,4H3,(H,29,32)/b23-14+. The van der Waals surface area contributed by atoms with E-state index in [2.05, 4.69) is 50.1 Å². The molecule has 1 N–H and O–H groups in total. The van der Waals surface area contributed by atoms with Crippen LogP contribution >= 0.6 is 0 Å². The lowest BCUT2D eigenvalue weighted by molar-refractivity contribution is 0.0966. The summed E-state index contributed by atoms with van der Waals surface area (Å²) < 4.78 is 2.05. The van der Waals surface area contributed by atoms with Gasteiger partial charge in [0, 0.05) is 37.5 Å². The molecule has 0 aliphatic carbocycles. The highest BCUT2D eigenvalue weighted by atomic mass is 16.1. The molecular formula is C25H28N6O. The van der Waals surface area contributed by atoms with Gasteiger partial charge in [-0.3, -0.25) is 4.79 Å². The Bertz CT molecular complexity index is 1190. The number of anilines is 1. The van der Waals surface area contributed by atoms with Crippen LogP contribution in [0.3, 0.4) is 0 Å². The van der Waals surface area contributed by atoms with E-state index in [4.69, 9.17) is 0 Å². The molecule has 0 bridgehead atoms. The van der Waals surface area contributed by atoms with Crippen molar-refractivity contribution < 1.29 is 4.79 Å². The fraction of sp³-hybridized carbons (Fsp3) is 0.280. The third-order valence-electron chi connectivity index (χ3n) is 5.94. The number of aliphatic imine (C=N–C) groups is 1. The lowest BCUT2D eigenvalue weighted by Crippen LogP contribution is -2.23. The monoisotopic (exact) mass is 428 g/mol. The van der Waals surface area contributed by atoms with Gasteiger partial charge in [0.05, 0.1) is 11.9 Å². The molecule has 1 aromatic carbocycles. The molecule has 32 heavy (non-hydrogen) atoms. The molecule has 1 aliphatic rings. The number of nitrogens with zero attached hydrogens (tertiary/aromatic N) is 5. The van der Waals surface area contributed by atoms with E-state index < -0.39 is 0 Å². The van der Waals surface area contributed by atoms with Crippen LogP contribution in [0.4, 0.5) is 5.82 Å². The molecule has 7 nitrogen and oxygen atoms in total. The zero-order valence-electron chi connectivity index (χ0n) is 18.8. The number of carbonyl (C=O) groups excluding carboxylic acids is 1. The number of hydrogen-bond donors (Lipinski definition) is 1. The molecule has 7 heteroatoms. The van der Waals surface area contributed by atoms with Crippen molar-refractivity contribution in [2.45, 2.75) is 26.7 Å². The van der Waals surface area contributed by atoms with Crippen molar-refractivity contribution in [2.75, 3.05) is 18.0 Å². The molecule has 1 aliphatic heterocycles. The summed E-state index contributed by atoms with van der Waals surface area (Å²) in [5.41, 5.74) is 4.65. The zero-order chi connectivity index (χ0) is 22.7. The third kappa shape index (κ3) is 4.46. The minimum Gasteiger partial charge on any atom is -0.357 e. The van der Waals surface area contributed by atoms with Crippen molar-refractivity contribution in [3.63, 3.8) is 0 Å². The van der Waals surface area contributed by atoms with Crippen LogP contribution in [0.2, 0.25) is 0 Å². The van der Waals surface area contributed by atoms with E-state index in [9.17, 15) is 4.79 Å². The number of rotatable bonds is 6. The molecule has 1 amide bonds. The van der Waals surface area contributed by atoms with Gasteiger partial charge in [-0.1, -0.05) is 12.1 Å². The van der Waals surface area contributed by atoms with Crippen LogP contribution in [0.5, 0.6) is 0 Å². The lowest BCUT2D eigenvalue weighted by atomic mass is 10.0. The molecular weight excluding hydrogens is 400 g/mol. The number of pyridine rings is 1. The van der Waals surface area contributed by atoms with Crippen LogP contribution in [0, 0.1) is 13.8 Å². The summed E-state index contributed by atoms with van der Waals surface area (Å²) in [4.78, 5) is 27.9. The second-order valence-electron chi connectivity index (χ2n) is 8.06. The zero-order valence-corrected chi connectivity index (χ0v) is 18.8. The van der Waals surface area contributed by atoms with Crippen molar-refractivity contribution in [2.24, 2.45) is 12.0 Å². The van der Waals surface area contributed by atoms with E-state index in [-0.39, 0.29) is 5.91 Å². The highest BCUT2D eigenvalue weighted by Gasteiger charge is 2.16. The number of nitrogens with one attached hydrogen (secondary N) is 1. The fourth-order valence-electron chi connectivity index (χ4n) is 3.86. The summed E-state index contributed by atoms with van der Waals surface area (Å²) in [7, 11) is 2.00. The number of carbonyl (C=O) groups is 1. The quantitative estimate of drug-likeness (QED) is 0.599. The SMILES string of the molecule is C=N/C(=C\c1cc(-c2cnc(C)n2C)ccc1C)NC(=O)c1ccnc(N2CCCC2)c1. The van der Waals surface area contributed by atoms with E-state index >= 15 is 0 Å². The van der Waals surface area contributed by atoms with Crippen molar-refractivity contribution in [1.29, 1.82) is 0 Å². The number of aromatic nitrogens is 3. The van der Waals surface area contributed by atoms with Crippen molar-refractivity contribution in [3.8, 4) is 11.3 Å². The highest BCUT2D eigenvalue weighted by molar-refractivity contribution is 5.96. The Balaban J connectivity index is 1.58. The molecule has 2 aromatic heterocycles. The van der Waals surface area contributed by atoms with E-state index in [0.717, 1.165) is 60.0 Å². The summed E-state index contributed by atoms with van der Waals surface area (Å²) in [5.74, 6) is 1.95. The molecule has 0 radical (unpaired) electrons. The van der Waals surface area contributed by atoms with Gasteiger partial charge >= 0.3 is 0 Å². The smallest absolute Gasteiger partial charge is 0.257 e. The largest absolute Gasteiger partial charge is 0.357 e. The van der Waals surface area contributed by atoms with Crippen molar-refractivity contribution in [1.82, 2.24) is 19.9 Å². The van der Waals surface area contributed by atoms with Crippen LogP contribution in [-0.4, -0.2) is 40.2 Å². The van der Waals surface area contributed by atoms with Gasteiger partial charge in [-0.2, -0.15) is 0 Å². The molecule has 3 heterocycles. The second-order valence-corrected chi connectivity index (χ2v) is 8.06. The van der Waals surface area contributed by atoms with Gasteiger partial charge in [0.1, 0.15) is 17.5 Å². The summed E-state index contributed by atoms with van der Waals surface area (Å²) in [5, 5.41) is 2.88. The molecule has 164 valence electrons. The Labute approximate surface area is 188 Å². The number of imidazole rings is 1. The van der Waals surface area contributed by atoms with Crippen LogP contribution < -0.4 is 10.2 Å². The predicted molar refractivity (Wildman–Crippen MR) is 129 cm³/mol. The van der Waals surface area contributed by atoms with Gasteiger partial charge in [-0.25, -0.2) is 15.0 Å². The molecule has 4 rings (SSSR count). The average Bonchev–Trinajstić information content (AvgIpc) is 3.45. The van der Waals surface area contributed by atoms with Crippen molar-refractivity contribution >= 4 is 24.5 Å². The van der Waals surface area contributed by atoms with Crippen molar-refractivity contribution in [3.05, 3.63) is 71.1 Å². The maximum absolute atomic E-state index is 12.9. The third-order valence-corrected chi connectivity index (χ3v) is 5.94. The summed E-state index contributed by atoms with van der Waals surface area (Å²) in [6.45, 7) is 9.60. The molecule has 3 aromatic rings. The minimum absolute atomic E-state index is 0.234. The number of amides is 1. The Morgan fingerprint density at radius 1 is 1.16 bits per heavy atom. The Morgan fingerprint density at radius 3 is 2.62 bits per heavy atom. The van der Waals surface area contributed by atoms with E-state index in [0.29, 0.717) is 11.4 Å². The molecule has 0 saturated carbocycles. The summed E-state index contributed by atoms with van der Waals surface area (Å²) in [6.07, 6.45) is 7.69. The minimum atomic E-state index is -0.234. The molecule has 1 saturated heterocycles. The van der Waals surface area contributed by atoms with Gasteiger partial charge in [0.15, 0.2) is 0 Å². The first kappa shape index (κ1) is 21.5. The van der Waals surface area contributed by atoms with Gasteiger partial charge < -0.3 is 14.8 Å². The van der Waals surface area contributed by atoms with Crippen LogP contribution in [-0.2, 0) is 7.05 Å². The van der Waals surface area contributed by atoms with Gasteiger partial charge in [-0.05, 0) is 68.8 Å². The lowest BCUT2D eigenvalue weighted by Gasteiger charge is -2.16. The highest BCUT2D eigenvalue weighted by Crippen LogP contribution is 2.24. The Morgan fingerprint density at radius 2 is 1.94 bits per heavy atom. The first-order valence-electron chi connectivity index (χ1n) is 10.8. The maximum atomic E-state index is 12.9. The summed E-state index contributed by atoms with van der Waals surface area (Å²) >= 11 is 0. The maximum Gasteiger partial charge on any atom is 0.257 e. The van der Waals surface area contributed by atoms with E-state index in [1.54, 1.807) is 12.3 Å². The summed E-state index contributed by atoms with van der Waals surface area (Å²) in [6, 6.07) is 9.74.